The zero-order valence-corrected chi connectivity index (χ0v) is 18.5. The number of aryl methyl sites for hydroxylation is 1. The minimum atomic E-state index is -0.469. The summed E-state index contributed by atoms with van der Waals surface area (Å²) in [6.45, 7) is 4.63. The number of aromatic nitrogens is 4. The fourth-order valence-corrected chi connectivity index (χ4v) is 4.05. The molecule has 2 aromatic carbocycles. The highest BCUT2D eigenvalue weighted by Gasteiger charge is 2.20. The minimum absolute atomic E-state index is 0.128. The van der Waals surface area contributed by atoms with E-state index in [2.05, 4.69) is 25.1 Å². The molecule has 166 valence electrons. The minimum Gasteiger partial charge on any atom is -0.378 e. The summed E-state index contributed by atoms with van der Waals surface area (Å²) in [6.07, 6.45) is 1.41. The number of rotatable bonds is 4. The first-order valence-electron chi connectivity index (χ1n) is 10.4. The number of hydrogen-bond donors (Lipinski definition) is 0. The number of ether oxygens (including phenoxy) is 1. The van der Waals surface area contributed by atoms with Gasteiger partial charge in [0, 0.05) is 35.3 Å². The lowest BCUT2D eigenvalue weighted by Gasteiger charge is -2.29. The summed E-state index contributed by atoms with van der Waals surface area (Å²) >= 11 is 5.78. The molecule has 9 heteroatoms. The normalized spacial score (nSPS) is 14.0. The summed E-state index contributed by atoms with van der Waals surface area (Å²) in [5, 5.41) is 8.47. The van der Waals surface area contributed by atoms with Gasteiger partial charge < -0.3 is 9.64 Å². The Hall–Kier alpha value is -3.49. The highest BCUT2D eigenvalue weighted by molar-refractivity contribution is 6.29. The van der Waals surface area contributed by atoms with Gasteiger partial charge in [-0.3, -0.25) is 4.79 Å². The number of nitrogens with zero attached hydrogens (tertiary/aromatic N) is 5. The Morgan fingerprint density at radius 1 is 1.06 bits per heavy atom. The van der Waals surface area contributed by atoms with Crippen molar-refractivity contribution in [1.29, 1.82) is 0 Å². The van der Waals surface area contributed by atoms with Crippen LogP contribution in [-0.2, 0) is 4.74 Å². The molecule has 0 amide bonds. The Morgan fingerprint density at radius 2 is 1.88 bits per heavy atom. The zero-order chi connectivity index (χ0) is 22.9. The molecule has 4 aromatic rings. The summed E-state index contributed by atoms with van der Waals surface area (Å²) in [7, 11) is 0. The lowest BCUT2D eigenvalue weighted by molar-refractivity contribution is 0.103. The van der Waals surface area contributed by atoms with E-state index in [-0.39, 0.29) is 22.2 Å². The number of anilines is 1. The first-order chi connectivity index (χ1) is 16.0. The van der Waals surface area contributed by atoms with Crippen molar-refractivity contribution in [3.8, 4) is 11.3 Å². The van der Waals surface area contributed by atoms with Crippen molar-refractivity contribution in [2.45, 2.75) is 6.92 Å². The largest absolute Gasteiger partial charge is 0.378 e. The predicted octanol–water partition coefficient (Wildman–Crippen LogP) is 4.26. The summed E-state index contributed by atoms with van der Waals surface area (Å²) < 4.78 is 20.5. The first kappa shape index (κ1) is 21.4. The quantitative estimate of drug-likeness (QED) is 0.418. The molecule has 33 heavy (non-hydrogen) atoms. The molecular weight excluding hydrogens is 445 g/mol. The molecule has 0 saturated carbocycles. The molecule has 1 aliphatic heterocycles. The van der Waals surface area contributed by atoms with Crippen LogP contribution >= 0.6 is 11.6 Å². The topological polar surface area (TPSA) is 81.1 Å². The van der Waals surface area contributed by atoms with Gasteiger partial charge in [-0.05, 0) is 55.0 Å². The van der Waals surface area contributed by atoms with Gasteiger partial charge in [-0.15, -0.1) is 10.2 Å². The van der Waals surface area contributed by atoms with Crippen LogP contribution < -0.4 is 4.90 Å². The third-order valence-corrected chi connectivity index (χ3v) is 5.88. The molecule has 0 N–H and O–H groups in total. The van der Waals surface area contributed by atoms with Crippen molar-refractivity contribution in [3.63, 3.8) is 0 Å². The van der Waals surface area contributed by atoms with Crippen LogP contribution in [0.1, 0.15) is 21.6 Å². The molecule has 0 atom stereocenters. The van der Waals surface area contributed by atoms with Crippen LogP contribution in [-0.4, -0.2) is 52.3 Å². The average molecular weight is 464 g/mol. The van der Waals surface area contributed by atoms with Gasteiger partial charge in [0.1, 0.15) is 17.8 Å². The molecule has 3 heterocycles. The number of fused-ring (bicyclic) bond motifs is 1. The van der Waals surface area contributed by atoms with Crippen molar-refractivity contribution < 1.29 is 13.9 Å². The number of hydrogen-bond acceptors (Lipinski definition) is 7. The fourth-order valence-electron chi connectivity index (χ4n) is 3.95. The molecule has 5 rings (SSSR count). The predicted molar refractivity (Wildman–Crippen MR) is 123 cm³/mol. The summed E-state index contributed by atoms with van der Waals surface area (Å²) in [5.74, 6) is -0.839. The van der Waals surface area contributed by atoms with Gasteiger partial charge in [0.05, 0.1) is 24.4 Å². The van der Waals surface area contributed by atoms with E-state index in [0.29, 0.717) is 40.9 Å². The number of halogens is 2. The van der Waals surface area contributed by atoms with Gasteiger partial charge in [-0.2, -0.15) is 0 Å². The summed E-state index contributed by atoms with van der Waals surface area (Å²) in [6, 6.07) is 11.7. The van der Waals surface area contributed by atoms with Crippen molar-refractivity contribution in [2.75, 3.05) is 31.2 Å². The van der Waals surface area contributed by atoms with E-state index in [9.17, 15) is 4.79 Å². The molecule has 0 spiro atoms. The van der Waals surface area contributed by atoms with Crippen LogP contribution in [0, 0.1) is 12.7 Å². The molecule has 7 nitrogen and oxygen atoms in total. The zero-order valence-electron chi connectivity index (χ0n) is 17.8. The molecule has 2 aromatic heterocycles. The van der Waals surface area contributed by atoms with Crippen LogP contribution in [0.2, 0.25) is 5.15 Å². The second kappa shape index (κ2) is 8.80. The first-order valence-corrected chi connectivity index (χ1v) is 10.8. The Balaban J connectivity index is 1.58. The molecule has 1 aliphatic rings. The SMILES string of the molecule is Cc1cc(F)c(-c2ncnc3cc(N4CCOCC4)ccc23)cc1C(=O)c1ccc(Cl)nn1. The second-order valence-corrected chi connectivity index (χ2v) is 8.13. The van der Waals surface area contributed by atoms with Gasteiger partial charge >= 0.3 is 0 Å². The van der Waals surface area contributed by atoms with Crippen molar-refractivity contribution in [1.82, 2.24) is 20.2 Å². The van der Waals surface area contributed by atoms with Gasteiger partial charge in [0.15, 0.2) is 5.15 Å². The lowest BCUT2D eigenvalue weighted by Crippen LogP contribution is -2.36. The third kappa shape index (κ3) is 4.15. The van der Waals surface area contributed by atoms with Crippen molar-refractivity contribution in [3.05, 3.63) is 76.6 Å². The second-order valence-electron chi connectivity index (χ2n) is 7.74. The van der Waals surface area contributed by atoms with Gasteiger partial charge in [-0.25, -0.2) is 14.4 Å². The highest BCUT2D eigenvalue weighted by Crippen LogP contribution is 2.32. The van der Waals surface area contributed by atoms with Gasteiger partial charge in [0.2, 0.25) is 5.78 Å². The smallest absolute Gasteiger partial charge is 0.213 e. The molecule has 0 radical (unpaired) electrons. The molecule has 0 bridgehead atoms. The van der Waals surface area contributed by atoms with Crippen LogP contribution in [0.3, 0.4) is 0 Å². The number of benzene rings is 2. The van der Waals surface area contributed by atoms with Crippen molar-refractivity contribution in [2.24, 2.45) is 0 Å². The van der Waals surface area contributed by atoms with Crippen LogP contribution in [0.25, 0.3) is 22.2 Å². The lowest BCUT2D eigenvalue weighted by atomic mass is 9.96. The van der Waals surface area contributed by atoms with Gasteiger partial charge in [0.25, 0.3) is 0 Å². The standard InChI is InChI=1S/C24H19ClFN5O2/c1-14-10-19(26)18(12-17(14)24(32)20-4-5-22(25)30-29-20)23-16-3-2-15(11-21(16)27-13-28-23)31-6-8-33-9-7-31/h2-5,10-13H,6-9H2,1H3. The van der Waals surface area contributed by atoms with Crippen molar-refractivity contribution >= 4 is 34.0 Å². The molecule has 1 fully saturated rings. The maximum absolute atomic E-state index is 15.1. The van der Waals surface area contributed by atoms with Crippen LogP contribution in [0.15, 0.2) is 48.8 Å². The number of carbonyl (C=O) groups excluding carboxylic acids is 1. The van der Waals surface area contributed by atoms with E-state index >= 15 is 4.39 Å². The Kier molecular flexibility index (Phi) is 5.70. The molecular formula is C24H19ClFN5O2. The number of carbonyl (C=O) groups is 1. The summed E-state index contributed by atoms with van der Waals surface area (Å²) in [5.41, 5.74) is 3.30. The van der Waals surface area contributed by atoms with E-state index in [1.54, 1.807) is 6.92 Å². The fraction of sp³-hybridized carbons (Fsp3) is 0.208. The monoisotopic (exact) mass is 463 g/mol. The van der Waals surface area contributed by atoms with E-state index in [0.717, 1.165) is 18.8 Å². The molecule has 0 aliphatic carbocycles. The number of morpholine rings is 1. The Labute approximate surface area is 194 Å². The van der Waals surface area contributed by atoms with E-state index < -0.39 is 5.82 Å². The van der Waals surface area contributed by atoms with E-state index in [1.165, 1.54) is 30.6 Å². The summed E-state index contributed by atoms with van der Waals surface area (Å²) in [4.78, 5) is 24.0. The number of ketones is 1. The van der Waals surface area contributed by atoms with Crippen LogP contribution in [0.4, 0.5) is 10.1 Å². The Morgan fingerprint density at radius 3 is 2.64 bits per heavy atom. The highest BCUT2D eigenvalue weighted by atomic mass is 35.5. The van der Waals surface area contributed by atoms with E-state index in [4.69, 9.17) is 16.3 Å². The van der Waals surface area contributed by atoms with Crippen LogP contribution in [0.5, 0.6) is 0 Å². The molecule has 1 saturated heterocycles. The molecule has 0 unspecified atom stereocenters. The maximum Gasteiger partial charge on any atom is 0.213 e. The average Bonchev–Trinajstić information content (AvgIpc) is 2.84. The van der Waals surface area contributed by atoms with E-state index in [1.807, 2.05) is 18.2 Å². The third-order valence-electron chi connectivity index (χ3n) is 5.67. The van der Waals surface area contributed by atoms with Gasteiger partial charge in [-0.1, -0.05) is 11.6 Å². The Bertz CT molecular complexity index is 1360. The maximum atomic E-state index is 15.1.